The van der Waals surface area contributed by atoms with E-state index in [2.05, 4.69) is 6.92 Å². The highest BCUT2D eigenvalue weighted by Gasteiger charge is 2.06. The van der Waals surface area contributed by atoms with E-state index in [0.29, 0.717) is 11.3 Å². The van der Waals surface area contributed by atoms with E-state index in [1.807, 2.05) is 0 Å². The van der Waals surface area contributed by atoms with Crippen molar-refractivity contribution in [2.24, 2.45) is 0 Å². The van der Waals surface area contributed by atoms with Gasteiger partial charge in [0.1, 0.15) is 12.0 Å². The van der Waals surface area contributed by atoms with Crippen molar-refractivity contribution in [2.75, 3.05) is 0 Å². The van der Waals surface area contributed by atoms with Crippen molar-refractivity contribution in [1.29, 1.82) is 0 Å². The Morgan fingerprint density at radius 2 is 2.00 bits per heavy atom. The minimum atomic E-state index is -0.605. The molecule has 0 unspecified atom stereocenters. The van der Waals surface area contributed by atoms with E-state index in [0.717, 1.165) is 17.4 Å². The quantitative estimate of drug-likeness (QED) is 0.407. The molecule has 14 heavy (non-hydrogen) atoms. The smallest absolute Gasteiger partial charge is 0.311 e. The van der Waals surface area contributed by atoms with E-state index in [4.69, 9.17) is 4.74 Å². The van der Waals surface area contributed by atoms with Gasteiger partial charge < -0.3 is 4.74 Å². The molecule has 0 heterocycles. The fourth-order valence-electron chi connectivity index (χ4n) is 1.17. The van der Waals surface area contributed by atoms with Crippen molar-refractivity contribution in [3.05, 3.63) is 35.7 Å². The summed E-state index contributed by atoms with van der Waals surface area (Å²) >= 11 is 0. The molecule has 3 nitrogen and oxygen atoms in total. The topological polar surface area (TPSA) is 43.4 Å². The molecule has 73 valence electrons. The van der Waals surface area contributed by atoms with Crippen molar-refractivity contribution in [1.82, 2.24) is 0 Å². The third-order valence-electron chi connectivity index (χ3n) is 1.91. The summed E-state index contributed by atoms with van der Waals surface area (Å²) in [6, 6.07) is 3.34. The third kappa shape index (κ3) is 2.19. The van der Waals surface area contributed by atoms with Crippen LogP contribution in [0.4, 0.5) is 0 Å². The Labute approximate surface area is 82.7 Å². The molecule has 0 bridgehead atoms. The van der Waals surface area contributed by atoms with Crippen molar-refractivity contribution in [3.63, 3.8) is 0 Å². The van der Waals surface area contributed by atoms with E-state index in [-0.39, 0.29) is 0 Å². The van der Waals surface area contributed by atoms with Gasteiger partial charge in [0.05, 0.1) is 6.92 Å². The fraction of sp³-hybridized carbons (Fsp3) is 0.182. The van der Waals surface area contributed by atoms with Crippen molar-refractivity contribution in [2.45, 2.75) is 13.8 Å². The van der Waals surface area contributed by atoms with Gasteiger partial charge in [-0.3, -0.25) is 9.59 Å². The van der Waals surface area contributed by atoms with Gasteiger partial charge in [-0.1, -0.05) is 0 Å². The number of esters is 1. The Bertz CT molecular complexity index is 380. The predicted octanol–water partition coefficient (Wildman–Crippen LogP) is 1.86. The summed E-state index contributed by atoms with van der Waals surface area (Å²) in [6.07, 6.45) is 0.776. The first-order chi connectivity index (χ1) is 6.54. The first kappa shape index (κ1) is 10.4. The SMILES string of the molecule is [CH2]C(=O)Oc1cc(C)c(C=O)cc1C. The molecule has 0 N–H and O–H groups in total. The zero-order valence-corrected chi connectivity index (χ0v) is 8.16. The van der Waals surface area contributed by atoms with Crippen LogP contribution in [0.25, 0.3) is 0 Å². The van der Waals surface area contributed by atoms with Crippen molar-refractivity contribution < 1.29 is 14.3 Å². The molecule has 0 amide bonds. The number of aldehydes is 1. The Hall–Kier alpha value is -1.64. The summed E-state index contributed by atoms with van der Waals surface area (Å²) in [5, 5.41) is 0. The van der Waals surface area contributed by atoms with Gasteiger partial charge in [-0.15, -0.1) is 0 Å². The van der Waals surface area contributed by atoms with E-state index in [9.17, 15) is 9.59 Å². The fourth-order valence-corrected chi connectivity index (χ4v) is 1.17. The second kappa shape index (κ2) is 4.05. The number of benzene rings is 1. The molecule has 0 aliphatic rings. The second-order valence-electron chi connectivity index (χ2n) is 3.07. The second-order valence-corrected chi connectivity index (χ2v) is 3.07. The zero-order valence-electron chi connectivity index (χ0n) is 8.16. The minimum Gasteiger partial charge on any atom is -0.426 e. The van der Waals surface area contributed by atoms with Crippen LogP contribution < -0.4 is 4.74 Å². The van der Waals surface area contributed by atoms with Gasteiger partial charge >= 0.3 is 5.97 Å². The van der Waals surface area contributed by atoms with E-state index in [1.165, 1.54) is 0 Å². The van der Waals surface area contributed by atoms with E-state index < -0.39 is 5.97 Å². The first-order valence-electron chi connectivity index (χ1n) is 4.15. The van der Waals surface area contributed by atoms with Crippen LogP contribution in [0.2, 0.25) is 0 Å². The van der Waals surface area contributed by atoms with Gasteiger partial charge in [0.15, 0.2) is 0 Å². The highest BCUT2D eigenvalue weighted by Crippen LogP contribution is 2.21. The molecule has 0 saturated heterocycles. The number of hydrogen-bond donors (Lipinski definition) is 0. The monoisotopic (exact) mass is 191 g/mol. The summed E-state index contributed by atoms with van der Waals surface area (Å²) in [6.45, 7) is 6.67. The van der Waals surface area contributed by atoms with Crippen LogP contribution in [0.5, 0.6) is 5.75 Å². The molecule has 0 spiro atoms. The molecule has 3 heteroatoms. The summed E-state index contributed by atoms with van der Waals surface area (Å²) in [5.41, 5.74) is 2.13. The lowest BCUT2D eigenvalue weighted by Gasteiger charge is -2.07. The lowest BCUT2D eigenvalue weighted by atomic mass is 10.1. The molecule has 1 radical (unpaired) electrons. The lowest BCUT2D eigenvalue weighted by molar-refractivity contribution is -0.129. The third-order valence-corrected chi connectivity index (χ3v) is 1.91. The molecule has 0 aliphatic heterocycles. The molecule has 1 aromatic rings. The number of hydrogen-bond acceptors (Lipinski definition) is 3. The molecule has 1 aromatic carbocycles. The number of carbonyl (C=O) groups is 2. The average Bonchev–Trinajstić information content (AvgIpc) is 2.10. The van der Waals surface area contributed by atoms with Crippen LogP contribution in [0.1, 0.15) is 21.5 Å². The minimum absolute atomic E-state index is 0.452. The summed E-state index contributed by atoms with van der Waals surface area (Å²) in [7, 11) is 0. The van der Waals surface area contributed by atoms with E-state index in [1.54, 1.807) is 26.0 Å². The molecule has 1 rings (SSSR count). The maximum Gasteiger partial charge on any atom is 0.311 e. The molecular formula is C11H11O3. The van der Waals surface area contributed by atoms with Crippen LogP contribution in [0.15, 0.2) is 12.1 Å². The molecule has 0 aromatic heterocycles. The maximum absolute atomic E-state index is 10.6. The summed E-state index contributed by atoms with van der Waals surface area (Å²) < 4.78 is 4.86. The zero-order chi connectivity index (χ0) is 10.7. The highest BCUT2D eigenvalue weighted by atomic mass is 16.5. The van der Waals surface area contributed by atoms with Gasteiger partial charge in [-0.05, 0) is 37.1 Å². The van der Waals surface area contributed by atoms with Crippen molar-refractivity contribution in [3.8, 4) is 5.75 Å². The molecule has 0 fully saturated rings. The Morgan fingerprint density at radius 3 is 2.50 bits per heavy atom. The summed E-state index contributed by atoms with van der Waals surface area (Å²) in [5.74, 6) is -0.153. The number of carbonyl (C=O) groups excluding carboxylic acids is 2. The standard InChI is InChI=1S/C11H11O3/c1-7-5-11(14-9(3)13)8(2)4-10(7)6-12/h4-6H,3H2,1-2H3. The first-order valence-corrected chi connectivity index (χ1v) is 4.15. The van der Waals surface area contributed by atoms with Gasteiger partial charge in [-0.2, -0.15) is 0 Å². The van der Waals surface area contributed by atoms with Crippen LogP contribution in [0.3, 0.4) is 0 Å². The van der Waals surface area contributed by atoms with E-state index >= 15 is 0 Å². The van der Waals surface area contributed by atoms with Crippen LogP contribution in [-0.4, -0.2) is 12.3 Å². The number of ether oxygens (including phenoxy) is 1. The highest BCUT2D eigenvalue weighted by molar-refractivity contribution is 5.80. The molecular weight excluding hydrogens is 180 g/mol. The maximum atomic E-state index is 10.6. The number of aryl methyl sites for hydroxylation is 2. The normalized spacial score (nSPS) is 9.64. The van der Waals surface area contributed by atoms with Crippen LogP contribution in [-0.2, 0) is 4.79 Å². The molecule has 0 atom stereocenters. The Kier molecular flexibility index (Phi) is 3.02. The van der Waals surface area contributed by atoms with Gasteiger partial charge in [0.25, 0.3) is 0 Å². The molecule has 0 aliphatic carbocycles. The number of rotatable bonds is 2. The lowest BCUT2D eigenvalue weighted by Crippen LogP contribution is -2.04. The van der Waals surface area contributed by atoms with Gasteiger partial charge in [0.2, 0.25) is 0 Å². The Balaban J connectivity index is 3.14. The van der Waals surface area contributed by atoms with Crippen LogP contribution >= 0.6 is 0 Å². The van der Waals surface area contributed by atoms with Crippen molar-refractivity contribution >= 4 is 12.3 Å². The summed E-state index contributed by atoms with van der Waals surface area (Å²) in [4.78, 5) is 21.2. The Morgan fingerprint density at radius 1 is 1.36 bits per heavy atom. The van der Waals surface area contributed by atoms with Crippen LogP contribution in [0, 0.1) is 20.8 Å². The van der Waals surface area contributed by atoms with Gasteiger partial charge in [-0.25, -0.2) is 0 Å². The average molecular weight is 191 g/mol. The van der Waals surface area contributed by atoms with Gasteiger partial charge in [0, 0.05) is 5.56 Å². The molecule has 0 saturated carbocycles. The largest absolute Gasteiger partial charge is 0.426 e. The predicted molar refractivity (Wildman–Crippen MR) is 52.3 cm³/mol.